The largest absolute Gasteiger partial charge is 0.399 e. The molecule has 3 N–H and O–H groups in total. The van der Waals surface area contributed by atoms with Gasteiger partial charge in [0.25, 0.3) is 0 Å². The summed E-state index contributed by atoms with van der Waals surface area (Å²) in [7, 11) is 0. The van der Waals surface area contributed by atoms with Crippen molar-refractivity contribution in [2.45, 2.75) is 11.3 Å². The van der Waals surface area contributed by atoms with Crippen LogP contribution in [0.3, 0.4) is 0 Å². The van der Waals surface area contributed by atoms with Crippen molar-refractivity contribution in [3.63, 3.8) is 0 Å². The van der Waals surface area contributed by atoms with Crippen molar-refractivity contribution in [2.24, 2.45) is 0 Å². The molecular formula is C13H12N4OS3. The van der Waals surface area contributed by atoms with Gasteiger partial charge in [0.15, 0.2) is 9.47 Å². The van der Waals surface area contributed by atoms with Crippen LogP contribution >= 0.6 is 34.4 Å². The monoisotopic (exact) mass is 336 g/mol. The second kappa shape index (κ2) is 6.00. The van der Waals surface area contributed by atoms with E-state index in [1.165, 1.54) is 23.1 Å². The smallest absolute Gasteiger partial charge is 0.236 e. The van der Waals surface area contributed by atoms with Crippen molar-refractivity contribution in [1.29, 1.82) is 0 Å². The van der Waals surface area contributed by atoms with Crippen molar-refractivity contribution in [2.75, 3.05) is 16.8 Å². The number of anilines is 2. The van der Waals surface area contributed by atoms with E-state index < -0.39 is 0 Å². The molecule has 5 nitrogen and oxygen atoms in total. The lowest BCUT2D eigenvalue weighted by molar-refractivity contribution is -0.113. The van der Waals surface area contributed by atoms with E-state index in [1.54, 1.807) is 17.4 Å². The van der Waals surface area contributed by atoms with Gasteiger partial charge in [-0.3, -0.25) is 4.79 Å². The number of thiazole rings is 2. The van der Waals surface area contributed by atoms with Crippen LogP contribution in [0.2, 0.25) is 0 Å². The van der Waals surface area contributed by atoms with Crippen LogP contribution in [0, 0.1) is 6.92 Å². The van der Waals surface area contributed by atoms with Gasteiger partial charge in [0, 0.05) is 16.8 Å². The van der Waals surface area contributed by atoms with E-state index >= 15 is 0 Å². The van der Waals surface area contributed by atoms with Crippen molar-refractivity contribution in [1.82, 2.24) is 9.97 Å². The normalized spacial score (nSPS) is 10.9. The van der Waals surface area contributed by atoms with Gasteiger partial charge in [0.05, 0.1) is 16.0 Å². The number of amides is 1. The SMILES string of the molecule is Cc1csc(SCC(=O)Nc2nc3ccc(N)cc3s2)n1. The lowest BCUT2D eigenvalue weighted by Gasteiger charge is -1.99. The number of nitrogens with zero attached hydrogens (tertiary/aromatic N) is 2. The summed E-state index contributed by atoms with van der Waals surface area (Å²) in [6, 6.07) is 5.51. The fraction of sp³-hybridized carbons (Fsp3) is 0.154. The van der Waals surface area contributed by atoms with E-state index in [2.05, 4.69) is 15.3 Å². The molecule has 0 aliphatic rings. The molecule has 108 valence electrons. The Morgan fingerprint density at radius 1 is 1.43 bits per heavy atom. The molecule has 3 aromatic rings. The molecule has 1 amide bonds. The zero-order valence-electron chi connectivity index (χ0n) is 11.1. The van der Waals surface area contributed by atoms with Gasteiger partial charge in [-0.1, -0.05) is 23.1 Å². The number of hydrogen-bond donors (Lipinski definition) is 2. The lowest BCUT2D eigenvalue weighted by atomic mass is 10.3. The van der Waals surface area contributed by atoms with Gasteiger partial charge in [-0.2, -0.15) is 0 Å². The average Bonchev–Trinajstić information content (AvgIpc) is 3.01. The first-order chi connectivity index (χ1) is 10.1. The van der Waals surface area contributed by atoms with Gasteiger partial charge < -0.3 is 11.1 Å². The van der Waals surface area contributed by atoms with Gasteiger partial charge in [0.2, 0.25) is 5.91 Å². The lowest BCUT2D eigenvalue weighted by Crippen LogP contribution is -2.13. The van der Waals surface area contributed by atoms with E-state index in [-0.39, 0.29) is 5.91 Å². The number of benzene rings is 1. The highest BCUT2D eigenvalue weighted by Gasteiger charge is 2.09. The quantitative estimate of drug-likeness (QED) is 0.564. The maximum absolute atomic E-state index is 11.9. The summed E-state index contributed by atoms with van der Waals surface area (Å²) in [4.78, 5) is 20.6. The molecule has 1 aromatic carbocycles. The van der Waals surface area contributed by atoms with Crippen LogP contribution < -0.4 is 11.1 Å². The van der Waals surface area contributed by atoms with E-state index in [0.717, 1.165) is 20.3 Å². The zero-order chi connectivity index (χ0) is 14.8. The number of nitrogen functional groups attached to an aromatic ring is 1. The average molecular weight is 336 g/mol. The summed E-state index contributed by atoms with van der Waals surface area (Å²) in [6.07, 6.45) is 0. The molecule has 0 fully saturated rings. The summed E-state index contributed by atoms with van der Waals surface area (Å²) in [5.74, 6) is 0.241. The standard InChI is InChI=1S/C13H12N4OS3/c1-7-5-19-13(15-7)20-6-11(18)17-12-16-9-3-2-8(14)4-10(9)21-12/h2-5H,6,14H2,1H3,(H,16,17,18). The van der Waals surface area contributed by atoms with Crippen LogP contribution in [0.5, 0.6) is 0 Å². The van der Waals surface area contributed by atoms with Crippen LogP contribution in [0.1, 0.15) is 5.69 Å². The number of carbonyl (C=O) groups is 1. The van der Waals surface area contributed by atoms with E-state index in [0.29, 0.717) is 16.6 Å². The summed E-state index contributed by atoms with van der Waals surface area (Å²) in [6.45, 7) is 1.94. The number of nitrogens with two attached hydrogens (primary N) is 1. The second-order valence-corrected chi connectivity index (χ2v) is 7.45. The van der Waals surface area contributed by atoms with Gasteiger partial charge in [0.1, 0.15) is 0 Å². The molecule has 0 bridgehead atoms. The van der Waals surface area contributed by atoms with Crippen molar-refractivity contribution in [3.8, 4) is 0 Å². The summed E-state index contributed by atoms with van der Waals surface area (Å²) >= 11 is 4.40. The number of fused-ring (bicyclic) bond motifs is 1. The van der Waals surface area contributed by atoms with E-state index in [4.69, 9.17) is 5.73 Å². The predicted molar refractivity (Wildman–Crippen MR) is 90.2 cm³/mol. The summed E-state index contributed by atoms with van der Waals surface area (Å²) in [5.41, 5.74) is 8.24. The minimum atomic E-state index is -0.0834. The predicted octanol–water partition coefficient (Wildman–Crippen LogP) is 3.37. The first-order valence-corrected chi connectivity index (χ1v) is 8.79. The van der Waals surface area contributed by atoms with Crippen LogP contribution in [0.4, 0.5) is 10.8 Å². The highest BCUT2D eigenvalue weighted by molar-refractivity contribution is 8.01. The number of hydrogen-bond acceptors (Lipinski definition) is 7. The molecule has 8 heteroatoms. The first kappa shape index (κ1) is 14.3. The third-order valence-corrected chi connectivity index (χ3v) is 5.66. The first-order valence-electron chi connectivity index (χ1n) is 6.11. The fourth-order valence-electron chi connectivity index (χ4n) is 1.68. The number of thioether (sulfide) groups is 1. The molecule has 0 saturated carbocycles. The number of aromatic nitrogens is 2. The number of nitrogens with one attached hydrogen (secondary N) is 1. The molecular weight excluding hydrogens is 324 g/mol. The number of aryl methyl sites for hydroxylation is 1. The molecule has 0 aliphatic carbocycles. The summed E-state index contributed by atoms with van der Waals surface area (Å²) < 4.78 is 1.87. The molecule has 0 aliphatic heterocycles. The second-order valence-electron chi connectivity index (χ2n) is 4.34. The Morgan fingerprint density at radius 2 is 2.29 bits per heavy atom. The molecule has 3 rings (SSSR count). The number of carbonyl (C=O) groups excluding carboxylic acids is 1. The Bertz CT molecular complexity index is 796. The van der Waals surface area contributed by atoms with Crippen LogP contribution in [-0.2, 0) is 4.79 Å². The van der Waals surface area contributed by atoms with Crippen molar-refractivity contribution >= 4 is 61.4 Å². The molecule has 0 radical (unpaired) electrons. The van der Waals surface area contributed by atoms with Gasteiger partial charge in [-0.15, -0.1) is 11.3 Å². The van der Waals surface area contributed by atoms with Crippen LogP contribution in [0.15, 0.2) is 27.9 Å². The topological polar surface area (TPSA) is 80.9 Å². The maximum atomic E-state index is 11.9. The zero-order valence-corrected chi connectivity index (χ0v) is 13.6. The fourth-order valence-corrected chi connectivity index (χ4v) is 4.26. The van der Waals surface area contributed by atoms with Crippen molar-refractivity contribution < 1.29 is 4.79 Å². The molecule has 2 aromatic heterocycles. The molecule has 0 atom stereocenters. The molecule has 21 heavy (non-hydrogen) atoms. The highest BCUT2D eigenvalue weighted by Crippen LogP contribution is 2.28. The Balaban J connectivity index is 1.63. The summed E-state index contributed by atoms with van der Waals surface area (Å²) in [5, 5.41) is 5.38. The van der Waals surface area contributed by atoms with Crippen LogP contribution in [-0.4, -0.2) is 21.6 Å². The van der Waals surface area contributed by atoms with Crippen LogP contribution in [0.25, 0.3) is 10.2 Å². The molecule has 0 spiro atoms. The van der Waals surface area contributed by atoms with Gasteiger partial charge in [-0.25, -0.2) is 9.97 Å². The van der Waals surface area contributed by atoms with Gasteiger partial charge in [-0.05, 0) is 25.1 Å². The Hall–Kier alpha value is -1.64. The minimum Gasteiger partial charge on any atom is -0.399 e. The Morgan fingerprint density at radius 3 is 3.05 bits per heavy atom. The molecule has 2 heterocycles. The molecule has 0 unspecified atom stereocenters. The third kappa shape index (κ3) is 3.52. The highest BCUT2D eigenvalue weighted by atomic mass is 32.2. The van der Waals surface area contributed by atoms with E-state index in [9.17, 15) is 4.79 Å². The number of rotatable bonds is 4. The maximum Gasteiger partial charge on any atom is 0.236 e. The Kier molecular flexibility index (Phi) is 4.09. The minimum absolute atomic E-state index is 0.0834. The van der Waals surface area contributed by atoms with E-state index in [1.807, 2.05) is 24.4 Å². The molecule has 0 saturated heterocycles. The Labute approximate surface area is 133 Å². The van der Waals surface area contributed by atoms with Gasteiger partial charge >= 0.3 is 0 Å². The third-order valence-electron chi connectivity index (χ3n) is 2.58. The van der Waals surface area contributed by atoms with Crippen molar-refractivity contribution in [3.05, 3.63) is 29.3 Å².